The monoisotopic (exact) mass is 336 g/mol. The van der Waals surface area contributed by atoms with Crippen molar-refractivity contribution in [3.63, 3.8) is 0 Å². The molecule has 1 aromatic carbocycles. The summed E-state index contributed by atoms with van der Waals surface area (Å²) in [6.07, 6.45) is 10.1. The van der Waals surface area contributed by atoms with Gasteiger partial charge in [-0.2, -0.15) is 0 Å². The average molecular weight is 336 g/mol. The lowest BCUT2D eigenvalue weighted by Gasteiger charge is -2.51. The van der Waals surface area contributed by atoms with Crippen LogP contribution in [0.2, 0.25) is 0 Å². The minimum absolute atomic E-state index is 0.114. The van der Waals surface area contributed by atoms with Crippen LogP contribution in [0.15, 0.2) is 18.3 Å². The van der Waals surface area contributed by atoms with Gasteiger partial charge in [-0.25, -0.2) is 0 Å². The van der Waals surface area contributed by atoms with Gasteiger partial charge in [0.25, 0.3) is 5.91 Å². The highest BCUT2D eigenvalue weighted by atomic mass is 16.1. The summed E-state index contributed by atoms with van der Waals surface area (Å²) < 4.78 is 0. The van der Waals surface area contributed by atoms with Gasteiger partial charge in [0.1, 0.15) is 0 Å². The van der Waals surface area contributed by atoms with E-state index in [0.717, 1.165) is 34.2 Å². The fraction of sp³-hybridized carbons (Fsp3) is 0.591. The van der Waals surface area contributed by atoms with Gasteiger partial charge in [-0.1, -0.05) is 12.5 Å². The molecule has 0 aliphatic heterocycles. The molecule has 132 valence electrons. The Kier molecular flexibility index (Phi) is 3.48. The zero-order chi connectivity index (χ0) is 17.1. The van der Waals surface area contributed by atoms with E-state index in [2.05, 4.69) is 36.3 Å². The van der Waals surface area contributed by atoms with Crippen molar-refractivity contribution in [2.45, 2.75) is 58.4 Å². The quantitative estimate of drug-likeness (QED) is 0.818. The van der Waals surface area contributed by atoms with E-state index in [-0.39, 0.29) is 5.91 Å². The van der Waals surface area contributed by atoms with Crippen molar-refractivity contribution in [2.24, 2.45) is 23.7 Å². The van der Waals surface area contributed by atoms with Gasteiger partial charge in [0.15, 0.2) is 0 Å². The van der Waals surface area contributed by atoms with E-state index in [1.165, 1.54) is 49.7 Å². The van der Waals surface area contributed by atoms with Crippen LogP contribution >= 0.6 is 0 Å². The molecule has 0 saturated heterocycles. The van der Waals surface area contributed by atoms with Crippen LogP contribution in [0, 0.1) is 37.5 Å². The normalized spacial score (nSPS) is 33.6. The number of amides is 1. The van der Waals surface area contributed by atoms with Crippen LogP contribution in [0.3, 0.4) is 0 Å². The van der Waals surface area contributed by atoms with Gasteiger partial charge in [-0.3, -0.25) is 4.79 Å². The maximum absolute atomic E-state index is 13.1. The van der Waals surface area contributed by atoms with Gasteiger partial charge in [-0.05, 0) is 86.8 Å². The largest absolute Gasteiger partial charge is 0.360 e. The smallest absolute Gasteiger partial charge is 0.253 e. The molecule has 3 nitrogen and oxygen atoms in total. The van der Waals surface area contributed by atoms with Gasteiger partial charge >= 0.3 is 0 Å². The number of nitrogens with one attached hydrogen (secondary N) is 2. The molecule has 3 aliphatic carbocycles. The number of fused-ring (bicyclic) bond motifs is 3. The second-order valence-electron chi connectivity index (χ2n) is 8.95. The maximum atomic E-state index is 13.1. The first-order valence-corrected chi connectivity index (χ1v) is 9.97. The third-order valence-corrected chi connectivity index (χ3v) is 7.30. The van der Waals surface area contributed by atoms with Crippen molar-refractivity contribution >= 4 is 16.8 Å². The molecule has 2 N–H and O–H groups in total. The number of H-pyrrole nitrogens is 1. The van der Waals surface area contributed by atoms with E-state index >= 15 is 0 Å². The van der Waals surface area contributed by atoms with Gasteiger partial charge in [0.05, 0.1) is 5.56 Å². The number of hydrogen-bond acceptors (Lipinski definition) is 1. The molecule has 1 heterocycles. The summed E-state index contributed by atoms with van der Waals surface area (Å²) in [5.74, 6) is 3.55. The summed E-state index contributed by atoms with van der Waals surface area (Å²) in [6.45, 7) is 4.20. The molecule has 5 unspecified atom stereocenters. The standard InChI is InChI=1S/C22H28N2O/c1-12-5-13(2)21-18(11-23-20(21)6-12)22(25)24-19-10-15-4-3-14-7-16(15)9-17(19)8-14/h5-6,11,14-17,19,23H,3-4,7-10H2,1-2H3,(H,24,25). The summed E-state index contributed by atoms with van der Waals surface area (Å²) in [5, 5.41) is 4.52. The Morgan fingerprint density at radius 2 is 1.88 bits per heavy atom. The predicted molar refractivity (Wildman–Crippen MR) is 101 cm³/mol. The number of rotatable bonds is 2. The first-order chi connectivity index (χ1) is 12.1. The number of aromatic amines is 1. The third kappa shape index (κ3) is 2.51. The van der Waals surface area contributed by atoms with E-state index in [1.807, 2.05) is 6.20 Å². The lowest BCUT2D eigenvalue weighted by molar-refractivity contribution is 0.00895. The second kappa shape index (κ2) is 5.62. The molecule has 3 heteroatoms. The number of carbonyl (C=O) groups excluding carboxylic acids is 1. The lowest BCUT2D eigenvalue weighted by Crippen LogP contribution is -2.51. The molecule has 3 fully saturated rings. The van der Waals surface area contributed by atoms with Crippen LogP contribution in [-0.2, 0) is 0 Å². The molecule has 3 aliphatic rings. The topological polar surface area (TPSA) is 44.9 Å². The molecular formula is C22H28N2O. The Balaban J connectivity index is 1.41. The van der Waals surface area contributed by atoms with Crippen LogP contribution in [0.1, 0.15) is 60.0 Å². The lowest BCUT2D eigenvalue weighted by atomic mass is 9.56. The molecule has 1 aromatic heterocycles. The zero-order valence-electron chi connectivity index (χ0n) is 15.3. The van der Waals surface area contributed by atoms with E-state index in [4.69, 9.17) is 0 Å². The maximum Gasteiger partial charge on any atom is 0.253 e. The number of benzene rings is 1. The van der Waals surface area contributed by atoms with Crippen molar-refractivity contribution in [1.29, 1.82) is 0 Å². The summed E-state index contributed by atoms with van der Waals surface area (Å²) in [4.78, 5) is 16.4. The van der Waals surface area contributed by atoms with Crippen molar-refractivity contribution in [2.75, 3.05) is 0 Å². The highest BCUT2D eigenvalue weighted by Gasteiger charge is 2.45. The first-order valence-electron chi connectivity index (χ1n) is 9.97. The highest BCUT2D eigenvalue weighted by molar-refractivity contribution is 6.08. The Bertz CT molecular complexity index is 834. The minimum Gasteiger partial charge on any atom is -0.360 e. The number of carbonyl (C=O) groups is 1. The van der Waals surface area contributed by atoms with Gasteiger partial charge in [-0.15, -0.1) is 0 Å². The number of hydrogen-bond donors (Lipinski definition) is 2. The van der Waals surface area contributed by atoms with Crippen LogP contribution in [0.4, 0.5) is 0 Å². The fourth-order valence-electron chi connectivity index (χ4n) is 6.26. The second-order valence-corrected chi connectivity index (χ2v) is 8.95. The molecule has 0 spiro atoms. The summed E-state index contributed by atoms with van der Waals surface area (Å²) in [5.41, 5.74) is 4.30. The van der Waals surface area contributed by atoms with Crippen molar-refractivity contribution < 1.29 is 4.79 Å². The molecule has 5 rings (SSSR count). The first kappa shape index (κ1) is 15.5. The van der Waals surface area contributed by atoms with Crippen LogP contribution in [0.25, 0.3) is 10.9 Å². The van der Waals surface area contributed by atoms with E-state index in [9.17, 15) is 4.79 Å². The molecule has 1 amide bonds. The summed E-state index contributed by atoms with van der Waals surface area (Å²) >= 11 is 0. The van der Waals surface area contributed by atoms with Gasteiger partial charge in [0.2, 0.25) is 0 Å². The van der Waals surface area contributed by atoms with Crippen LogP contribution in [-0.4, -0.2) is 16.9 Å². The Labute approximate surface area is 149 Å². The van der Waals surface area contributed by atoms with Gasteiger partial charge in [0, 0.05) is 23.1 Å². The third-order valence-electron chi connectivity index (χ3n) is 7.30. The summed E-state index contributed by atoms with van der Waals surface area (Å²) in [7, 11) is 0. The van der Waals surface area contributed by atoms with E-state index < -0.39 is 0 Å². The Hall–Kier alpha value is -1.77. The fourth-order valence-corrected chi connectivity index (χ4v) is 6.26. The Morgan fingerprint density at radius 3 is 2.76 bits per heavy atom. The molecule has 0 radical (unpaired) electrons. The molecule has 3 saturated carbocycles. The van der Waals surface area contributed by atoms with Crippen molar-refractivity contribution in [1.82, 2.24) is 10.3 Å². The molecule has 5 atom stereocenters. The molecular weight excluding hydrogens is 308 g/mol. The van der Waals surface area contributed by atoms with Crippen molar-refractivity contribution in [3.8, 4) is 0 Å². The van der Waals surface area contributed by atoms with Gasteiger partial charge < -0.3 is 10.3 Å². The average Bonchev–Trinajstić information content (AvgIpc) is 2.99. The number of aromatic nitrogens is 1. The minimum atomic E-state index is 0.114. The highest BCUT2D eigenvalue weighted by Crippen LogP contribution is 2.52. The molecule has 3 bridgehead atoms. The number of aryl methyl sites for hydroxylation is 2. The van der Waals surface area contributed by atoms with E-state index in [1.54, 1.807) is 0 Å². The summed E-state index contributed by atoms with van der Waals surface area (Å²) in [6, 6.07) is 4.68. The predicted octanol–water partition coefficient (Wildman–Crippen LogP) is 4.73. The van der Waals surface area contributed by atoms with Crippen molar-refractivity contribution in [3.05, 3.63) is 35.0 Å². The zero-order valence-corrected chi connectivity index (χ0v) is 15.3. The van der Waals surface area contributed by atoms with Crippen LogP contribution in [0.5, 0.6) is 0 Å². The SMILES string of the molecule is Cc1cc(C)c2c(C(=O)NC3CC4CCC5CC4CC3C5)c[nH]c2c1. The molecule has 25 heavy (non-hydrogen) atoms. The Morgan fingerprint density at radius 1 is 1.04 bits per heavy atom. The van der Waals surface area contributed by atoms with E-state index in [0.29, 0.717) is 12.0 Å². The van der Waals surface area contributed by atoms with Crippen LogP contribution < -0.4 is 5.32 Å². The molecule has 2 aromatic rings.